The van der Waals surface area contributed by atoms with Gasteiger partial charge in [-0.15, -0.1) is 11.3 Å². The number of methoxy groups -OCH3 is 1. The molecule has 3 nitrogen and oxygen atoms in total. The Bertz CT molecular complexity index is 484. The molecule has 0 fully saturated rings. The first-order valence-electron chi connectivity index (χ1n) is 5.10. The van der Waals surface area contributed by atoms with Crippen LogP contribution in [0.25, 0.3) is 0 Å². The Labute approximate surface area is 113 Å². The van der Waals surface area contributed by atoms with Gasteiger partial charge in [-0.1, -0.05) is 12.1 Å². The number of nitrogens with one attached hydrogen (secondary N) is 1. The Morgan fingerprint density at radius 1 is 1.24 bits per heavy atom. The van der Waals surface area contributed by atoms with E-state index in [0.717, 1.165) is 15.1 Å². The fraction of sp³-hybridized carbons (Fsp3) is 0.167. The molecule has 0 saturated heterocycles. The number of hydrogen-bond acceptors (Lipinski definition) is 4. The third-order valence-electron chi connectivity index (χ3n) is 2.49. The summed E-state index contributed by atoms with van der Waals surface area (Å²) >= 11 is 5.12. The minimum absolute atomic E-state index is 0.0113. The summed E-state index contributed by atoms with van der Waals surface area (Å²) in [5.74, 6) is 6.47. The Hall–Kier alpha value is -0.880. The first kappa shape index (κ1) is 12.6. The van der Waals surface area contributed by atoms with E-state index in [-0.39, 0.29) is 6.04 Å². The molecule has 0 radical (unpaired) electrons. The van der Waals surface area contributed by atoms with Crippen molar-refractivity contribution in [1.29, 1.82) is 0 Å². The van der Waals surface area contributed by atoms with Gasteiger partial charge in [0.15, 0.2) is 0 Å². The van der Waals surface area contributed by atoms with Crippen molar-refractivity contribution in [3.63, 3.8) is 0 Å². The first-order chi connectivity index (χ1) is 8.24. The van der Waals surface area contributed by atoms with Gasteiger partial charge in [0, 0.05) is 4.88 Å². The zero-order valence-corrected chi connectivity index (χ0v) is 11.7. The summed E-state index contributed by atoms with van der Waals surface area (Å²) in [5, 5.41) is 0. The normalized spacial score (nSPS) is 12.4. The third-order valence-corrected chi connectivity index (χ3v) is 4.18. The van der Waals surface area contributed by atoms with E-state index in [9.17, 15) is 0 Å². The highest BCUT2D eigenvalue weighted by atomic mass is 79.9. The summed E-state index contributed by atoms with van der Waals surface area (Å²) < 4.78 is 6.23. The van der Waals surface area contributed by atoms with Crippen LogP contribution >= 0.6 is 27.3 Å². The van der Waals surface area contributed by atoms with Gasteiger partial charge in [-0.05, 0) is 45.8 Å². The van der Waals surface area contributed by atoms with E-state index in [1.807, 2.05) is 30.3 Å². The average molecular weight is 313 g/mol. The van der Waals surface area contributed by atoms with Gasteiger partial charge in [0.1, 0.15) is 5.75 Å². The number of nitrogens with two attached hydrogens (primary N) is 1. The molecule has 1 aromatic heterocycles. The van der Waals surface area contributed by atoms with E-state index in [1.165, 1.54) is 4.88 Å². The maximum absolute atomic E-state index is 5.63. The molecule has 0 aliphatic carbocycles. The second kappa shape index (κ2) is 5.64. The molecular formula is C12H13BrN2OS. The van der Waals surface area contributed by atoms with Crippen LogP contribution in [0.3, 0.4) is 0 Å². The quantitative estimate of drug-likeness (QED) is 0.674. The van der Waals surface area contributed by atoms with Gasteiger partial charge in [-0.3, -0.25) is 5.84 Å². The number of thiophene rings is 1. The summed E-state index contributed by atoms with van der Waals surface area (Å²) in [6.45, 7) is 0. The fourth-order valence-electron chi connectivity index (χ4n) is 1.62. The maximum Gasteiger partial charge on any atom is 0.118 e. The van der Waals surface area contributed by atoms with Crippen molar-refractivity contribution in [3.05, 3.63) is 50.6 Å². The second-order valence-electron chi connectivity index (χ2n) is 3.51. The third kappa shape index (κ3) is 2.87. The Morgan fingerprint density at radius 2 is 1.94 bits per heavy atom. The number of benzene rings is 1. The van der Waals surface area contributed by atoms with Crippen molar-refractivity contribution < 1.29 is 4.74 Å². The zero-order chi connectivity index (χ0) is 12.3. The lowest BCUT2D eigenvalue weighted by Gasteiger charge is -2.14. The summed E-state index contributed by atoms with van der Waals surface area (Å²) in [6.07, 6.45) is 0. The number of hydrogen-bond donors (Lipinski definition) is 2. The number of halogens is 1. The molecule has 5 heteroatoms. The Balaban J connectivity index is 2.28. The highest BCUT2D eigenvalue weighted by Crippen LogP contribution is 2.31. The van der Waals surface area contributed by atoms with Crippen LogP contribution in [-0.4, -0.2) is 7.11 Å². The molecule has 0 bridgehead atoms. The van der Waals surface area contributed by atoms with Gasteiger partial charge in [-0.2, -0.15) is 0 Å². The molecule has 90 valence electrons. The van der Waals surface area contributed by atoms with Gasteiger partial charge in [0.25, 0.3) is 0 Å². The van der Waals surface area contributed by atoms with Gasteiger partial charge < -0.3 is 4.74 Å². The minimum atomic E-state index is 0.0113. The molecule has 0 amide bonds. The fourth-order valence-corrected chi connectivity index (χ4v) is 3.13. The SMILES string of the molecule is COc1ccc(C(NN)c2ccc(Br)s2)cc1. The van der Waals surface area contributed by atoms with Crippen molar-refractivity contribution in [1.82, 2.24) is 5.43 Å². The molecule has 0 aliphatic heterocycles. The predicted molar refractivity (Wildman–Crippen MR) is 74.2 cm³/mol. The molecular weight excluding hydrogens is 300 g/mol. The molecule has 0 aliphatic rings. The van der Waals surface area contributed by atoms with Crippen molar-refractivity contribution in [2.75, 3.05) is 7.11 Å². The van der Waals surface area contributed by atoms with Crippen molar-refractivity contribution in [2.45, 2.75) is 6.04 Å². The van der Waals surface area contributed by atoms with E-state index in [2.05, 4.69) is 27.4 Å². The van der Waals surface area contributed by atoms with E-state index in [4.69, 9.17) is 10.6 Å². The van der Waals surface area contributed by atoms with Gasteiger partial charge in [-0.25, -0.2) is 5.43 Å². The lowest BCUT2D eigenvalue weighted by Crippen LogP contribution is -2.28. The van der Waals surface area contributed by atoms with E-state index < -0.39 is 0 Å². The molecule has 0 saturated carbocycles. The zero-order valence-electron chi connectivity index (χ0n) is 9.31. The molecule has 2 rings (SSSR count). The largest absolute Gasteiger partial charge is 0.497 e. The minimum Gasteiger partial charge on any atom is -0.497 e. The number of ether oxygens (including phenoxy) is 1. The molecule has 2 aromatic rings. The van der Waals surface area contributed by atoms with Crippen LogP contribution in [0.15, 0.2) is 40.2 Å². The van der Waals surface area contributed by atoms with E-state index in [0.29, 0.717) is 0 Å². The van der Waals surface area contributed by atoms with Gasteiger partial charge >= 0.3 is 0 Å². The molecule has 3 N–H and O–H groups in total. The maximum atomic E-state index is 5.63. The van der Waals surface area contributed by atoms with Crippen LogP contribution in [-0.2, 0) is 0 Å². The standard InChI is InChI=1S/C12H13BrN2OS/c1-16-9-4-2-8(3-5-9)12(15-14)10-6-7-11(13)17-10/h2-7,12,15H,14H2,1H3. The summed E-state index contributed by atoms with van der Waals surface area (Å²) in [6, 6.07) is 12.0. The highest BCUT2D eigenvalue weighted by Gasteiger charge is 2.14. The predicted octanol–water partition coefficient (Wildman–Crippen LogP) is 3.07. The van der Waals surface area contributed by atoms with Crippen molar-refractivity contribution >= 4 is 27.3 Å². The molecule has 1 unspecified atom stereocenters. The second-order valence-corrected chi connectivity index (χ2v) is 6.01. The van der Waals surface area contributed by atoms with Crippen LogP contribution in [0.2, 0.25) is 0 Å². The molecule has 0 spiro atoms. The molecule has 1 atom stereocenters. The van der Waals surface area contributed by atoms with Crippen molar-refractivity contribution in [3.8, 4) is 5.75 Å². The lowest BCUT2D eigenvalue weighted by molar-refractivity contribution is 0.414. The lowest BCUT2D eigenvalue weighted by atomic mass is 10.1. The van der Waals surface area contributed by atoms with E-state index >= 15 is 0 Å². The Morgan fingerprint density at radius 3 is 2.41 bits per heavy atom. The van der Waals surface area contributed by atoms with Gasteiger partial charge in [0.05, 0.1) is 16.9 Å². The number of rotatable bonds is 4. The van der Waals surface area contributed by atoms with Crippen LogP contribution < -0.4 is 16.0 Å². The van der Waals surface area contributed by atoms with E-state index in [1.54, 1.807) is 18.4 Å². The average Bonchev–Trinajstić information content (AvgIpc) is 2.78. The topological polar surface area (TPSA) is 47.3 Å². The van der Waals surface area contributed by atoms with Gasteiger partial charge in [0.2, 0.25) is 0 Å². The summed E-state index contributed by atoms with van der Waals surface area (Å²) in [7, 11) is 1.66. The summed E-state index contributed by atoms with van der Waals surface area (Å²) in [5.41, 5.74) is 3.95. The number of hydrazine groups is 1. The van der Waals surface area contributed by atoms with Crippen LogP contribution in [0.5, 0.6) is 5.75 Å². The highest BCUT2D eigenvalue weighted by molar-refractivity contribution is 9.11. The smallest absolute Gasteiger partial charge is 0.118 e. The van der Waals surface area contributed by atoms with Crippen LogP contribution in [0.4, 0.5) is 0 Å². The first-order valence-corrected chi connectivity index (χ1v) is 6.71. The van der Waals surface area contributed by atoms with Crippen LogP contribution in [0.1, 0.15) is 16.5 Å². The molecule has 17 heavy (non-hydrogen) atoms. The monoisotopic (exact) mass is 312 g/mol. The summed E-state index contributed by atoms with van der Waals surface area (Å²) in [4.78, 5) is 1.17. The van der Waals surface area contributed by atoms with Crippen molar-refractivity contribution in [2.24, 2.45) is 5.84 Å². The Kier molecular flexibility index (Phi) is 4.17. The molecule has 1 heterocycles. The molecule has 1 aromatic carbocycles. The van der Waals surface area contributed by atoms with Crippen LogP contribution in [0, 0.1) is 0 Å².